The SMILES string of the molecule is COc1cc(CO)ccc1Oc1nc(C)ns1. The van der Waals surface area contributed by atoms with E-state index in [2.05, 4.69) is 9.36 Å². The summed E-state index contributed by atoms with van der Waals surface area (Å²) in [6.07, 6.45) is 0. The number of aryl methyl sites for hydroxylation is 1. The fraction of sp³-hybridized carbons (Fsp3) is 0.273. The number of aliphatic hydroxyl groups is 1. The van der Waals surface area contributed by atoms with Crippen LogP contribution in [0.25, 0.3) is 0 Å². The maximum Gasteiger partial charge on any atom is 0.298 e. The summed E-state index contributed by atoms with van der Waals surface area (Å²) >= 11 is 1.19. The van der Waals surface area contributed by atoms with Crippen molar-refractivity contribution in [3.05, 3.63) is 29.6 Å². The quantitative estimate of drug-likeness (QED) is 0.903. The van der Waals surface area contributed by atoms with Crippen LogP contribution in [0.4, 0.5) is 0 Å². The summed E-state index contributed by atoms with van der Waals surface area (Å²) in [5.41, 5.74) is 0.766. The topological polar surface area (TPSA) is 64.5 Å². The lowest BCUT2D eigenvalue weighted by molar-refractivity contribution is 0.280. The second kappa shape index (κ2) is 5.11. The van der Waals surface area contributed by atoms with E-state index in [0.29, 0.717) is 22.5 Å². The number of hydrogen-bond acceptors (Lipinski definition) is 6. The van der Waals surface area contributed by atoms with E-state index in [9.17, 15) is 0 Å². The highest BCUT2D eigenvalue weighted by Crippen LogP contribution is 2.32. The Balaban J connectivity index is 2.26. The molecule has 0 spiro atoms. The van der Waals surface area contributed by atoms with Crippen LogP contribution in [-0.2, 0) is 6.61 Å². The van der Waals surface area contributed by atoms with Gasteiger partial charge >= 0.3 is 0 Å². The molecule has 0 saturated carbocycles. The zero-order chi connectivity index (χ0) is 12.3. The molecule has 0 aliphatic carbocycles. The third-order valence-electron chi connectivity index (χ3n) is 2.12. The zero-order valence-electron chi connectivity index (χ0n) is 9.51. The zero-order valence-corrected chi connectivity index (χ0v) is 10.3. The van der Waals surface area contributed by atoms with Gasteiger partial charge in [0.2, 0.25) is 0 Å². The maximum atomic E-state index is 9.02. The molecule has 0 atom stereocenters. The number of rotatable bonds is 4. The van der Waals surface area contributed by atoms with Gasteiger partial charge in [0.1, 0.15) is 5.82 Å². The van der Waals surface area contributed by atoms with E-state index in [0.717, 1.165) is 5.56 Å². The lowest BCUT2D eigenvalue weighted by Crippen LogP contribution is -1.92. The molecule has 1 aromatic heterocycles. The van der Waals surface area contributed by atoms with E-state index in [-0.39, 0.29) is 6.61 Å². The minimum absolute atomic E-state index is 0.0332. The van der Waals surface area contributed by atoms with Gasteiger partial charge in [0, 0.05) is 11.5 Å². The Bertz CT molecular complexity index is 513. The normalized spacial score (nSPS) is 10.3. The number of ether oxygens (including phenoxy) is 2. The van der Waals surface area contributed by atoms with Crippen molar-refractivity contribution in [2.24, 2.45) is 0 Å². The predicted octanol–water partition coefficient (Wildman–Crippen LogP) is 2.14. The number of methoxy groups -OCH3 is 1. The fourth-order valence-electron chi connectivity index (χ4n) is 1.31. The van der Waals surface area contributed by atoms with E-state index in [4.69, 9.17) is 14.6 Å². The van der Waals surface area contributed by atoms with E-state index in [1.807, 2.05) is 0 Å². The molecular formula is C11H12N2O3S. The molecule has 2 rings (SSSR count). The summed E-state index contributed by atoms with van der Waals surface area (Å²) in [5.74, 6) is 1.79. The maximum absolute atomic E-state index is 9.02. The molecule has 0 unspecified atom stereocenters. The van der Waals surface area contributed by atoms with Crippen LogP contribution < -0.4 is 9.47 Å². The molecule has 1 heterocycles. The molecule has 90 valence electrons. The molecule has 0 amide bonds. The molecule has 0 aliphatic heterocycles. The van der Waals surface area contributed by atoms with Crippen molar-refractivity contribution in [1.29, 1.82) is 0 Å². The van der Waals surface area contributed by atoms with Crippen LogP contribution in [0.1, 0.15) is 11.4 Å². The van der Waals surface area contributed by atoms with Gasteiger partial charge in [-0.25, -0.2) is 0 Å². The van der Waals surface area contributed by atoms with Gasteiger partial charge in [-0.05, 0) is 24.6 Å². The van der Waals surface area contributed by atoms with Gasteiger partial charge in [-0.3, -0.25) is 0 Å². The minimum Gasteiger partial charge on any atom is -0.493 e. The highest BCUT2D eigenvalue weighted by molar-refractivity contribution is 7.07. The first kappa shape index (κ1) is 11.8. The number of aromatic nitrogens is 2. The second-order valence-corrected chi connectivity index (χ2v) is 4.07. The highest BCUT2D eigenvalue weighted by atomic mass is 32.1. The third-order valence-corrected chi connectivity index (χ3v) is 2.80. The average molecular weight is 252 g/mol. The largest absolute Gasteiger partial charge is 0.493 e. The molecule has 17 heavy (non-hydrogen) atoms. The molecule has 6 heteroatoms. The summed E-state index contributed by atoms with van der Waals surface area (Å²) in [4.78, 5) is 4.10. The molecule has 0 radical (unpaired) electrons. The van der Waals surface area contributed by atoms with Gasteiger partial charge in [0.25, 0.3) is 5.19 Å². The first-order chi connectivity index (χ1) is 8.22. The van der Waals surface area contributed by atoms with Gasteiger partial charge in [-0.2, -0.15) is 9.36 Å². The van der Waals surface area contributed by atoms with Crippen LogP contribution >= 0.6 is 11.5 Å². The molecule has 0 saturated heterocycles. The molecule has 5 nitrogen and oxygen atoms in total. The Morgan fingerprint density at radius 1 is 1.35 bits per heavy atom. The van der Waals surface area contributed by atoms with Gasteiger partial charge in [-0.15, -0.1) is 0 Å². The number of hydrogen-bond donors (Lipinski definition) is 1. The Morgan fingerprint density at radius 3 is 2.76 bits per heavy atom. The van der Waals surface area contributed by atoms with Crippen molar-refractivity contribution in [1.82, 2.24) is 9.36 Å². The van der Waals surface area contributed by atoms with Crippen LogP contribution in [0, 0.1) is 6.92 Å². The van der Waals surface area contributed by atoms with Crippen molar-refractivity contribution in [2.75, 3.05) is 7.11 Å². The Labute approximate surface area is 103 Å². The molecule has 1 aromatic carbocycles. The number of nitrogens with zero attached hydrogens (tertiary/aromatic N) is 2. The fourth-order valence-corrected chi connectivity index (χ4v) is 1.86. The second-order valence-electron chi connectivity index (χ2n) is 3.35. The van der Waals surface area contributed by atoms with Crippen LogP contribution in [0.5, 0.6) is 16.7 Å². The van der Waals surface area contributed by atoms with Crippen molar-refractivity contribution in [3.63, 3.8) is 0 Å². The minimum atomic E-state index is -0.0332. The Kier molecular flexibility index (Phi) is 3.55. The van der Waals surface area contributed by atoms with Crippen LogP contribution in [0.2, 0.25) is 0 Å². The monoisotopic (exact) mass is 252 g/mol. The van der Waals surface area contributed by atoms with Crippen molar-refractivity contribution in [3.8, 4) is 16.7 Å². The summed E-state index contributed by atoms with van der Waals surface area (Å²) in [5, 5.41) is 9.49. The van der Waals surface area contributed by atoms with Gasteiger partial charge in [0.15, 0.2) is 11.5 Å². The lowest BCUT2D eigenvalue weighted by Gasteiger charge is -2.08. The predicted molar refractivity (Wildman–Crippen MR) is 63.6 cm³/mol. The van der Waals surface area contributed by atoms with Crippen molar-refractivity contribution < 1.29 is 14.6 Å². The summed E-state index contributed by atoms with van der Waals surface area (Å²) in [7, 11) is 1.55. The average Bonchev–Trinajstić information content (AvgIpc) is 2.75. The van der Waals surface area contributed by atoms with Crippen LogP contribution in [-0.4, -0.2) is 21.6 Å². The molecule has 0 aliphatic rings. The number of benzene rings is 1. The van der Waals surface area contributed by atoms with Crippen LogP contribution in [0.3, 0.4) is 0 Å². The molecule has 2 aromatic rings. The Hall–Kier alpha value is -1.66. The molecule has 1 N–H and O–H groups in total. The first-order valence-corrected chi connectivity index (χ1v) is 5.76. The smallest absolute Gasteiger partial charge is 0.298 e. The summed E-state index contributed by atoms with van der Waals surface area (Å²) < 4.78 is 14.8. The molecule has 0 fully saturated rings. The summed E-state index contributed by atoms with van der Waals surface area (Å²) in [6.45, 7) is 1.77. The standard InChI is InChI=1S/C11H12N2O3S/c1-7-12-11(17-13-7)16-9-4-3-8(6-14)5-10(9)15-2/h3-5,14H,6H2,1-2H3. The molecular weight excluding hydrogens is 240 g/mol. The van der Waals surface area contributed by atoms with E-state index in [1.54, 1.807) is 32.2 Å². The van der Waals surface area contributed by atoms with E-state index < -0.39 is 0 Å². The lowest BCUT2D eigenvalue weighted by atomic mass is 10.2. The molecule has 0 bridgehead atoms. The van der Waals surface area contributed by atoms with E-state index >= 15 is 0 Å². The van der Waals surface area contributed by atoms with Crippen molar-refractivity contribution in [2.45, 2.75) is 13.5 Å². The van der Waals surface area contributed by atoms with Gasteiger partial charge in [-0.1, -0.05) is 6.07 Å². The van der Waals surface area contributed by atoms with Crippen LogP contribution in [0.15, 0.2) is 18.2 Å². The highest BCUT2D eigenvalue weighted by Gasteiger charge is 2.09. The van der Waals surface area contributed by atoms with Gasteiger partial charge < -0.3 is 14.6 Å². The van der Waals surface area contributed by atoms with Gasteiger partial charge in [0.05, 0.1) is 13.7 Å². The Morgan fingerprint density at radius 2 is 2.18 bits per heavy atom. The van der Waals surface area contributed by atoms with Crippen molar-refractivity contribution >= 4 is 11.5 Å². The summed E-state index contributed by atoms with van der Waals surface area (Å²) in [6, 6.07) is 5.23. The first-order valence-electron chi connectivity index (χ1n) is 4.99. The number of aliphatic hydroxyl groups excluding tert-OH is 1. The third kappa shape index (κ3) is 2.72. The van der Waals surface area contributed by atoms with E-state index in [1.165, 1.54) is 11.5 Å².